The summed E-state index contributed by atoms with van der Waals surface area (Å²) in [7, 11) is 4.86. The van der Waals surface area contributed by atoms with E-state index < -0.39 is 5.97 Å². The second-order valence-corrected chi connectivity index (χ2v) is 7.28. The average molecular weight is 490 g/mol. The molecule has 0 unspecified atom stereocenters. The Hall–Kier alpha value is -1.75. The number of carbonyl (C=O) groups is 2. The monoisotopic (exact) mass is 490 g/mol. The molecule has 0 bridgehead atoms. The predicted molar refractivity (Wildman–Crippen MR) is 110 cm³/mol. The zero-order valence-electron chi connectivity index (χ0n) is 14.9. The summed E-state index contributed by atoms with van der Waals surface area (Å²) in [5.41, 5.74) is 0.788. The third-order valence-corrected chi connectivity index (χ3v) is 5.34. The first kappa shape index (κ1) is 20.6. The molecular weight excluding hydrogens is 471 g/mol. The number of aliphatic imine (C=N–C) groups is 1. The third-order valence-electron chi connectivity index (χ3n) is 3.38. The van der Waals surface area contributed by atoms with Crippen molar-refractivity contribution in [2.24, 2.45) is 4.99 Å². The Morgan fingerprint density at radius 3 is 2.73 bits per heavy atom. The highest BCUT2D eigenvalue weighted by Crippen LogP contribution is 2.37. The van der Waals surface area contributed by atoms with Gasteiger partial charge < -0.3 is 14.2 Å². The molecule has 1 aromatic carbocycles. The Balaban J connectivity index is 2.27. The van der Waals surface area contributed by atoms with E-state index in [0.717, 1.165) is 9.13 Å². The molecule has 0 aliphatic carbocycles. The number of carbonyl (C=O) groups excluding carboxylic acids is 2. The number of nitrogens with zero attached hydrogens (tertiary/aromatic N) is 2. The van der Waals surface area contributed by atoms with Crippen LogP contribution >= 0.6 is 34.4 Å². The number of halogens is 1. The number of methoxy groups -OCH3 is 1. The first-order valence-electron chi connectivity index (χ1n) is 7.71. The Kier molecular flexibility index (Phi) is 7.33. The number of ether oxygens (including phenoxy) is 3. The van der Waals surface area contributed by atoms with Crippen LogP contribution < -0.4 is 9.47 Å². The molecule has 1 saturated heterocycles. The van der Waals surface area contributed by atoms with E-state index in [4.69, 9.17) is 14.2 Å². The van der Waals surface area contributed by atoms with Crippen molar-refractivity contribution in [2.75, 3.05) is 34.4 Å². The van der Waals surface area contributed by atoms with Crippen LogP contribution in [0.4, 0.5) is 0 Å². The van der Waals surface area contributed by atoms with Crippen LogP contribution in [0, 0.1) is 3.57 Å². The van der Waals surface area contributed by atoms with Crippen molar-refractivity contribution < 1.29 is 23.8 Å². The lowest BCUT2D eigenvalue weighted by atomic mass is 10.2. The Bertz CT molecular complexity index is 779. The van der Waals surface area contributed by atoms with Crippen molar-refractivity contribution >= 4 is 57.5 Å². The molecule has 0 atom stereocenters. The fourth-order valence-electron chi connectivity index (χ4n) is 2.20. The standard InChI is InChI=1S/C17H19IN2O5S/c1-5-24-14(21)9-25-15-11(18)6-10(7-12(15)23-4)8-13-16(22)20(3)17(19-2)26-13/h6-8H,5,9H2,1-4H3/b13-8-,19-17?. The maximum absolute atomic E-state index is 12.3. The number of amidine groups is 1. The van der Waals surface area contributed by atoms with E-state index in [1.807, 2.05) is 6.07 Å². The van der Waals surface area contributed by atoms with Crippen LogP contribution in [0.2, 0.25) is 0 Å². The van der Waals surface area contributed by atoms with Gasteiger partial charge in [0.1, 0.15) is 0 Å². The molecule has 1 aliphatic rings. The Morgan fingerprint density at radius 1 is 1.42 bits per heavy atom. The van der Waals surface area contributed by atoms with Crippen LogP contribution in [0.25, 0.3) is 6.08 Å². The highest BCUT2D eigenvalue weighted by Gasteiger charge is 2.29. The lowest BCUT2D eigenvalue weighted by Crippen LogP contribution is -2.23. The van der Waals surface area contributed by atoms with Crippen LogP contribution in [-0.4, -0.2) is 56.4 Å². The molecule has 26 heavy (non-hydrogen) atoms. The van der Waals surface area contributed by atoms with E-state index in [9.17, 15) is 9.59 Å². The maximum Gasteiger partial charge on any atom is 0.344 e. The van der Waals surface area contributed by atoms with Crippen LogP contribution in [0.5, 0.6) is 11.5 Å². The van der Waals surface area contributed by atoms with Crippen molar-refractivity contribution in [3.8, 4) is 11.5 Å². The van der Waals surface area contributed by atoms with Crippen LogP contribution in [-0.2, 0) is 14.3 Å². The van der Waals surface area contributed by atoms with E-state index >= 15 is 0 Å². The smallest absolute Gasteiger partial charge is 0.344 e. The zero-order valence-corrected chi connectivity index (χ0v) is 17.8. The number of esters is 1. The lowest BCUT2D eigenvalue weighted by molar-refractivity contribution is -0.145. The van der Waals surface area contributed by atoms with E-state index in [2.05, 4.69) is 27.6 Å². The summed E-state index contributed by atoms with van der Waals surface area (Å²) >= 11 is 3.41. The summed E-state index contributed by atoms with van der Waals surface area (Å²) < 4.78 is 16.5. The van der Waals surface area contributed by atoms with E-state index in [-0.39, 0.29) is 12.5 Å². The first-order chi connectivity index (χ1) is 12.4. The molecule has 9 heteroatoms. The largest absolute Gasteiger partial charge is 0.493 e. The SMILES string of the molecule is CCOC(=O)COc1c(I)cc(/C=C2\SC(=NC)N(C)C2=O)cc1OC. The molecular formula is C17H19IN2O5S. The summed E-state index contributed by atoms with van der Waals surface area (Å²) in [6, 6.07) is 3.61. The minimum atomic E-state index is -0.445. The predicted octanol–water partition coefficient (Wildman–Crippen LogP) is 2.77. The van der Waals surface area contributed by atoms with Gasteiger partial charge in [-0.1, -0.05) is 0 Å². The number of hydrogen-bond acceptors (Lipinski definition) is 7. The third kappa shape index (κ3) is 4.70. The minimum absolute atomic E-state index is 0.104. The minimum Gasteiger partial charge on any atom is -0.493 e. The molecule has 1 heterocycles. The van der Waals surface area contributed by atoms with E-state index in [1.165, 1.54) is 23.8 Å². The van der Waals surface area contributed by atoms with Crippen LogP contribution in [0.15, 0.2) is 22.0 Å². The average Bonchev–Trinajstić information content (AvgIpc) is 2.88. The number of thioether (sulfide) groups is 1. The van der Waals surface area contributed by atoms with Crippen molar-refractivity contribution in [3.63, 3.8) is 0 Å². The Labute approximate surface area is 169 Å². The van der Waals surface area contributed by atoms with Crippen molar-refractivity contribution in [2.45, 2.75) is 6.92 Å². The molecule has 0 saturated carbocycles. The molecule has 1 aromatic rings. The fraction of sp³-hybridized carbons (Fsp3) is 0.353. The Morgan fingerprint density at radius 2 is 2.15 bits per heavy atom. The molecule has 2 rings (SSSR count). The topological polar surface area (TPSA) is 77.4 Å². The zero-order chi connectivity index (χ0) is 19.3. The van der Waals surface area contributed by atoms with E-state index in [0.29, 0.717) is 28.2 Å². The summed E-state index contributed by atoms with van der Waals surface area (Å²) in [6.45, 7) is 1.83. The number of hydrogen-bond donors (Lipinski definition) is 0. The second-order valence-electron chi connectivity index (χ2n) is 5.11. The molecule has 0 radical (unpaired) electrons. The number of likely N-dealkylation sites (N-methyl/N-ethyl adjacent to an activating group) is 1. The van der Waals surface area contributed by atoms with Gasteiger partial charge in [-0.3, -0.25) is 14.7 Å². The summed E-state index contributed by atoms with van der Waals surface area (Å²) in [5, 5.41) is 0.650. The van der Waals surface area contributed by atoms with Crippen molar-refractivity contribution in [1.29, 1.82) is 0 Å². The number of amides is 1. The van der Waals surface area contributed by atoms with Gasteiger partial charge in [-0.2, -0.15) is 0 Å². The first-order valence-corrected chi connectivity index (χ1v) is 9.61. The van der Waals surface area contributed by atoms with Crippen molar-refractivity contribution in [1.82, 2.24) is 4.90 Å². The van der Waals surface area contributed by atoms with Crippen LogP contribution in [0.3, 0.4) is 0 Å². The normalized spacial score (nSPS) is 17.1. The van der Waals surface area contributed by atoms with Gasteiger partial charge in [0.25, 0.3) is 5.91 Å². The van der Waals surface area contributed by atoms with Crippen molar-refractivity contribution in [3.05, 3.63) is 26.2 Å². The molecule has 0 spiro atoms. The molecule has 1 aliphatic heterocycles. The van der Waals surface area contributed by atoms with Gasteiger partial charge in [-0.05, 0) is 65.0 Å². The molecule has 7 nitrogen and oxygen atoms in total. The number of benzene rings is 1. The summed E-state index contributed by atoms with van der Waals surface area (Å²) in [6.07, 6.45) is 1.78. The van der Waals surface area contributed by atoms with Gasteiger partial charge >= 0.3 is 5.97 Å². The van der Waals surface area contributed by atoms with E-state index in [1.54, 1.807) is 33.2 Å². The van der Waals surface area contributed by atoms with Gasteiger partial charge in [0, 0.05) is 14.1 Å². The van der Waals surface area contributed by atoms with Gasteiger partial charge in [0.2, 0.25) is 0 Å². The highest BCUT2D eigenvalue weighted by atomic mass is 127. The molecule has 140 valence electrons. The molecule has 0 N–H and O–H groups in total. The lowest BCUT2D eigenvalue weighted by Gasteiger charge is -2.13. The van der Waals surface area contributed by atoms with Gasteiger partial charge in [-0.15, -0.1) is 0 Å². The molecule has 1 amide bonds. The quantitative estimate of drug-likeness (QED) is 0.347. The van der Waals surface area contributed by atoms with Gasteiger partial charge in [0.05, 0.1) is 22.2 Å². The highest BCUT2D eigenvalue weighted by molar-refractivity contribution is 14.1. The van der Waals surface area contributed by atoms with Crippen LogP contribution in [0.1, 0.15) is 12.5 Å². The second kappa shape index (κ2) is 9.26. The maximum atomic E-state index is 12.3. The molecule has 1 fully saturated rings. The number of rotatable bonds is 6. The summed E-state index contributed by atoms with van der Waals surface area (Å²) in [5.74, 6) is 0.383. The molecule has 0 aromatic heterocycles. The summed E-state index contributed by atoms with van der Waals surface area (Å²) in [4.78, 5) is 29.9. The fourth-order valence-corrected chi connectivity index (χ4v) is 3.91. The van der Waals surface area contributed by atoms with Gasteiger partial charge in [0.15, 0.2) is 23.3 Å². The van der Waals surface area contributed by atoms with Gasteiger partial charge in [-0.25, -0.2) is 4.79 Å².